The molecule has 4 rings (SSSR count). The predicted octanol–water partition coefficient (Wildman–Crippen LogP) is 4.92. The number of thiophene rings is 1. The fraction of sp³-hybridized carbons (Fsp3) is 0.263. The fourth-order valence-corrected chi connectivity index (χ4v) is 4.83. The quantitative estimate of drug-likeness (QED) is 0.651. The Bertz CT molecular complexity index is 964. The Kier molecular flexibility index (Phi) is 5.45. The number of carbonyl (C=O) groups is 1. The van der Waals surface area contributed by atoms with Crippen molar-refractivity contribution in [2.24, 2.45) is 0 Å². The number of hydrogen-bond donors (Lipinski definition) is 1. The number of carbonyl (C=O) groups excluding carboxylic acids is 1. The Hall–Kier alpha value is -1.93. The highest BCUT2D eigenvalue weighted by atomic mass is 35.5. The number of halogens is 1. The molecule has 1 amide bonds. The summed E-state index contributed by atoms with van der Waals surface area (Å²) in [6.07, 6.45) is 0. The first-order valence-corrected chi connectivity index (χ1v) is 10.6. The van der Waals surface area contributed by atoms with E-state index in [2.05, 4.69) is 21.3 Å². The zero-order valence-corrected chi connectivity index (χ0v) is 17.1. The van der Waals surface area contributed by atoms with Crippen molar-refractivity contribution in [2.45, 2.75) is 6.92 Å². The molecule has 0 unspecified atom stereocenters. The summed E-state index contributed by atoms with van der Waals surface area (Å²) in [5, 5.41) is 5.54. The summed E-state index contributed by atoms with van der Waals surface area (Å²) in [6, 6.07) is 9.84. The van der Waals surface area contributed by atoms with Gasteiger partial charge in [0, 0.05) is 29.8 Å². The zero-order valence-electron chi connectivity index (χ0n) is 14.7. The lowest BCUT2D eigenvalue weighted by Crippen LogP contribution is -2.36. The third-order valence-corrected chi connectivity index (χ3v) is 6.60. The van der Waals surface area contributed by atoms with E-state index in [1.807, 2.05) is 31.2 Å². The van der Waals surface area contributed by atoms with Crippen molar-refractivity contribution in [1.29, 1.82) is 0 Å². The molecular weight excluding hydrogens is 402 g/mol. The number of nitrogens with zero attached hydrogens (tertiary/aromatic N) is 2. The van der Waals surface area contributed by atoms with Gasteiger partial charge < -0.3 is 15.0 Å². The molecule has 0 aliphatic carbocycles. The maximum absolute atomic E-state index is 12.6. The van der Waals surface area contributed by atoms with E-state index in [0.717, 1.165) is 53.1 Å². The van der Waals surface area contributed by atoms with Crippen LogP contribution in [-0.2, 0) is 4.74 Å². The number of rotatable bonds is 4. The lowest BCUT2D eigenvalue weighted by Gasteiger charge is -2.29. The third-order valence-electron chi connectivity index (χ3n) is 4.36. The van der Waals surface area contributed by atoms with Gasteiger partial charge in [-0.3, -0.25) is 4.79 Å². The Balaban J connectivity index is 1.47. The molecule has 0 atom stereocenters. The van der Waals surface area contributed by atoms with Gasteiger partial charge in [0.1, 0.15) is 10.7 Å². The zero-order chi connectivity index (χ0) is 18.8. The van der Waals surface area contributed by atoms with E-state index < -0.39 is 0 Å². The van der Waals surface area contributed by atoms with Crippen LogP contribution in [0.15, 0.2) is 35.7 Å². The number of aromatic nitrogens is 1. The van der Waals surface area contributed by atoms with Gasteiger partial charge in [-0.2, -0.15) is 0 Å². The first-order chi connectivity index (χ1) is 13.1. The molecule has 1 aromatic carbocycles. The first-order valence-electron chi connectivity index (χ1n) is 8.56. The van der Waals surface area contributed by atoms with Crippen LogP contribution in [0, 0.1) is 6.92 Å². The molecule has 0 bridgehead atoms. The van der Waals surface area contributed by atoms with Crippen LogP contribution in [-0.4, -0.2) is 37.2 Å². The Morgan fingerprint density at radius 3 is 2.78 bits per heavy atom. The van der Waals surface area contributed by atoms with Gasteiger partial charge >= 0.3 is 0 Å². The summed E-state index contributed by atoms with van der Waals surface area (Å²) < 4.78 is 6.11. The minimum atomic E-state index is -0.206. The van der Waals surface area contributed by atoms with E-state index in [1.54, 1.807) is 5.38 Å². The number of benzene rings is 1. The van der Waals surface area contributed by atoms with E-state index >= 15 is 0 Å². The highest BCUT2D eigenvalue weighted by Crippen LogP contribution is 2.33. The Morgan fingerprint density at radius 2 is 2.07 bits per heavy atom. The molecule has 0 radical (unpaired) electrons. The number of amides is 1. The third kappa shape index (κ3) is 4.16. The molecule has 0 spiro atoms. The van der Waals surface area contributed by atoms with Crippen LogP contribution in [0.1, 0.15) is 16.1 Å². The summed E-state index contributed by atoms with van der Waals surface area (Å²) >= 11 is 8.88. The van der Waals surface area contributed by atoms with E-state index in [4.69, 9.17) is 16.3 Å². The molecule has 140 valence electrons. The maximum atomic E-state index is 12.6. The van der Waals surface area contributed by atoms with Gasteiger partial charge in [-0.1, -0.05) is 11.6 Å². The summed E-state index contributed by atoms with van der Waals surface area (Å²) in [7, 11) is 0. The van der Waals surface area contributed by atoms with Gasteiger partial charge in [-0.15, -0.1) is 22.7 Å². The molecular formula is C19H18ClN3O2S2. The SMILES string of the molecule is Cc1cc(N2CCOCC2)ccc1NC(=O)c1csc(-c2ccc(Cl)s2)n1. The molecule has 3 heterocycles. The van der Waals surface area contributed by atoms with Crippen molar-refractivity contribution in [3.63, 3.8) is 0 Å². The number of anilines is 2. The molecule has 1 saturated heterocycles. The van der Waals surface area contributed by atoms with Crippen LogP contribution in [0.2, 0.25) is 4.34 Å². The first kappa shape index (κ1) is 18.4. The standard InChI is InChI=1S/C19H18ClN3O2S2/c1-12-10-13(23-6-8-25-9-7-23)2-3-14(12)21-18(24)15-11-26-19(22-15)16-4-5-17(20)27-16/h2-5,10-11H,6-9H2,1H3,(H,21,24). The number of morpholine rings is 1. The normalized spacial score (nSPS) is 14.4. The lowest BCUT2D eigenvalue weighted by molar-refractivity contribution is 0.102. The van der Waals surface area contributed by atoms with Crippen LogP contribution < -0.4 is 10.2 Å². The molecule has 1 fully saturated rings. The molecule has 0 saturated carbocycles. The molecule has 1 N–H and O–H groups in total. The van der Waals surface area contributed by atoms with Gasteiger partial charge in [0.2, 0.25) is 0 Å². The number of ether oxygens (including phenoxy) is 1. The van der Waals surface area contributed by atoms with E-state index in [9.17, 15) is 4.79 Å². The number of nitrogens with one attached hydrogen (secondary N) is 1. The van der Waals surface area contributed by atoms with Gasteiger partial charge in [-0.25, -0.2) is 4.98 Å². The topological polar surface area (TPSA) is 54.5 Å². The van der Waals surface area contributed by atoms with Crippen LogP contribution in [0.25, 0.3) is 9.88 Å². The van der Waals surface area contributed by atoms with Crippen molar-refractivity contribution in [1.82, 2.24) is 4.98 Å². The number of thiazole rings is 1. The average Bonchev–Trinajstić information content (AvgIpc) is 3.33. The smallest absolute Gasteiger partial charge is 0.275 e. The molecule has 1 aliphatic heterocycles. The molecule has 2 aromatic heterocycles. The second-order valence-corrected chi connectivity index (χ2v) is 8.77. The van der Waals surface area contributed by atoms with Crippen molar-refractivity contribution in [2.75, 3.05) is 36.5 Å². The Morgan fingerprint density at radius 1 is 1.26 bits per heavy atom. The molecule has 3 aromatic rings. The number of hydrogen-bond acceptors (Lipinski definition) is 6. The minimum Gasteiger partial charge on any atom is -0.378 e. The molecule has 5 nitrogen and oxygen atoms in total. The average molecular weight is 420 g/mol. The van der Waals surface area contributed by atoms with Gasteiger partial charge in [0.25, 0.3) is 5.91 Å². The highest BCUT2D eigenvalue weighted by Gasteiger charge is 2.16. The summed E-state index contributed by atoms with van der Waals surface area (Å²) in [5.74, 6) is -0.206. The molecule has 1 aliphatic rings. The van der Waals surface area contributed by atoms with E-state index in [1.165, 1.54) is 22.7 Å². The second kappa shape index (κ2) is 7.98. The van der Waals surface area contributed by atoms with Crippen molar-refractivity contribution in [3.05, 3.63) is 51.3 Å². The largest absolute Gasteiger partial charge is 0.378 e. The van der Waals surface area contributed by atoms with Gasteiger partial charge in [0.15, 0.2) is 0 Å². The summed E-state index contributed by atoms with van der Waals surface area (Å²) in [6.45, 7) is 5.27. The highest BCUT2D eigenvalue weighted by molar-refractivity contribution is 7.23. The predicted molar refractivity (Wildman–Crippen MR) is 113 cm³/mol. The summed E-state index contributed by atoms with van der Waals surface area (Å²) in [4.78, 5) is 20.3. The maximum Gasteiger partial charge on any atom is 0.275 e. The van der Waals surface area contributed by atoms with Crippen molar-refractivity contribution in [3.8, 4) is 9.88 Å². The second-order valence-electron chi connectivity index (χ2n) is 6.19. The minimum absolute atomic E-state index is 0.206. The van der Waals surface area contributed by atoms with Crippen LogP contribution in [0.4, 0.5) is 11.4 Å². The Labute approximate surface area is 170 Å². The molecule has 8 heteroatoms. The molecule has 27 heavy (non-hydrogen) atoms. The van der Waals surface area contributed by atoms with Crippen LogP contribution >= 0.6 is 34.3 Å². The number of aryl methyl sites for hydroxylation is 1. The fourth-order valence-electron chi connectivity index (χ4n) is 2.91. The van der Waals surface area contributed by atoms with Crippen molar-refractivity contribution < 1.29 is 9.53 Å². The van der Waals surface area contributed by atoms with Crippen molar-refractivity contribution >= 4 is 51.6 Å². The van der Waals surface area contributed by atoms with E-state index in [0.29, 0.717) is 10.0 Å². The van der Waals surface area contributed by atoms with E-state index in [-0.39, 0.29) is 5.91 Å². The monoisotopic (exact) mass is 419 g/mol. The van der Waals surface area contributed by atoms with Gasteiger partial charge in [-0.05, 0) is 42.8 Å². The lowest BCUT2D eigenvalue weighted by atomic mass is 10.1. The van der Waals surface area contributed by atoms with Gasteiger partial charge in [0.05, 0.1) is 22.4 Å². The van der Waals surface area contributed by atoms with Crippen LogP contribution in [0.3, 0.4) is 0 Å². The summed E-state index contributed by atoms with van der Waals surface area (Å²) in [5.41, 5.74) is 3.38. The van der Waals surface area contributed by atoms with Crippen LogP contribution in [0.5, 0.6) is 0 Å².